The molecule has 0 unspecified atom stereocenters. The second-order valence-corrected chi connectivity index (χ2v) is 7.29. The third-order valence-electron chi connectivity index (χ3n) is 5.03. The predicted molar refractivity (Wildman–Crippen MR) is 114 cm³/mol. The highest BCUT2D eigenvalue weighted by atomic mass is 16.3. The normalized spacial score (nSPS) is 11.8. The third kappa shape index (κ3) is 4.48. The maximum absolute atomic E-state index is 13.2. The molecular formula is C22H24N6O3. The first-order valence-electron chi connectivity index (χ1n) is 9.97. The maximum Gasteiger partial charge on any atom is 0.276 e. The maximum atomic E-state index is 13.2. The number of carbonyl (C=O) groups excluding carboxylic acids is 1. The minimum Gasteiger partial charge on any atom is -0.502 e. The molecule has 31 heavy (non-hydrogen) atoms. The number of aromatic nitrogens is 4. The van der Waals surface area contributed by atoms with Crippen molar-refractivity contribution < 1.29 is 9.90 Å². The molecule has 160 valence electrons. The Bertz CT molecular complexity index is 1160. The van der Waals surface area contributed by atoms with E-state index in [1.165, 1.54) is 4.68 Å². The first-order chi connectivity index (χ1) is 14.9. The van der Waals surface area contributed by atoms with Crippen LogP contribution in [-0.4, -0.2) is 48.1 Å². The average Bonchev–Trinajstić information content (AvgIpc) is 3.24. The van der Waals surface area contributed by atoms with E-state index in [1.54, 1.807) is 21.8 Å². The first kappa shape index (κ1) is 21.8. The monoisotopic (exact) mass is 420 g/mol. The van der Waals surface area contributed by atoms with Crippen LogP contribution in [0.1, 0.15) is 48.6 Å². The molecular weight excluding hydrogens is 396 g/mol. The van der Waals surface area contributed by atoms with E-state index < -0.39 is 23.1 Å². The van der Waals surface area contributed by atoms with Gasteiger partial charge < -0.3 is 10.0 Å². The van der Waals surface area contributed by atoms with Crippen molar-refractivity contribution >= 4 is 5.91 Å². The van der Waals surface area contributed by atoms with Gasteiger partial charge in [-0.05, 0) is 32.4 Å². The number of hydrogen-bond donors (Lipinski definition) is 1. The van der Waals surface area contributed by atoms with Crippen molar-refractivity contribution in [2.45, 2.75) is 39.4 Å². The highest BCUT2D eigenvalue weighted by molar-refractivity contribution is 5.95. The lowest BCUT2D eigenvalue weighted by Gasteiger charge is -2.27. The Morgan fingerprint density at radius 2 is 1.97 bits per heavy atom. The third-order valence-corrected chi connectivity index (χ3v) is 5.03. The summed E-state index contributed by atoms with van der Waals surface area (Å²) in [6, 6.07) is 12.5. The molecule has 0 saturated heterocycles. The summed E-state index contributed by atoms with van der Waals surface area (Å²) >= 11 is 0. The number of rotatable bonds is 7. The van der Waals surface area contributed by atoms with Crippen LogP contribution in [0.25, 0.3) is 0 Å². The van der Waals surface area contributed by atoms with Gasteiger partial charge in [0.1, 0.15) is 6.07 Å². The van der Waals surface area contributed by atoms with Crippen LogP contribution in [0.5, 0.6) is 5.75 Å². The summed E-state index contributed by atoms with van der Waals surface area (Å²) in [5.41, 5.74) is 0.229. The molecule has 0 spiro atoms. The van der Waals surface area contributed by atoms with Crippen LogP contribution in [0.15, 0.2) is 53.6 Å². The number of nitrogens with zero attached hydrogens (tertiary/aromatic N) is 6. The Morgan fingerprint density at radius 3 is 2.55 bits per heavy atom. The van der Waals surface area contributed by atoms with Crippen LogP contribution >= 0.6 is 0 Å². The van der Waals surface area contributed by atoms with Gasteiger partial charge in [0, 0.05) is 18.8 Å². The number of nitriles is 1. The molecule has 9 nitrogen and oxygen atoms in total. The minimum absolute atomic E-state index is 0.112. The summed E-state index contributed by atoms with van der Waals surface area (Å²) < 4.78 is 2.94. The van der Waals surface area contributed by atoms with E-state index in [0.717, 1.165) is 11.8 Å². The standard InChI is InChI=1S/C22H24N6O3/c1-4-26(15(2)3)22(31)20-21(30)19(29)13-24-28(20)14-18(16-8-6-5-7-9-16)27-11-10-17(12-23)25-27/h5-11,13,15,18,30H,4,14H2,1-3H3/t18-/m0/s1. The lowest BCUT2D eigenvalue weighted by atomic mass is 10.1. The van der Waals surface area contributed by atoms with Crippen molar-refractivity contribution in [3.8, 4) is 11.8 Å². The lowest BCUT2D eigenvalue weighted by Crippen LogP contribution is -2.39. The fraction of sp³-hybridized carbons (Fsp3) is 0.318. The Hall–Kier alpha value is -3.93. The number of hydrogen-bond acceptors (Lipinski definition) is 6. The summed E-state index contributed by atoms with van der Waals surface area (Å²) in [5.74, 6) is -1.12. The Kier molecular flexibility index (Phi) is 6.50. The van der Waals surface area contributed by atoms with Gasteiger partial charge in [0.2, 0.25) is 5.43 Å². The van der Waals surface area contributed by atoms with Crippen LogP contribution in [0, 0.1) is 11.3 Å². The van der Waals surface area contributed by atoms with Crippen LogP contribution in [0.2, 0.25) is 0 Å². The molecule has 9 heteroatoms. The molecule has 0 radical (unpaired) electrons. The molecule has 3 aromatic rings. The van der Waals surface area contributed by atoms with Gasteiger partial charge in [-0.1, -0.05) is 30.3 Å². The van der Waals surface area contributed by atoms with Crippen molar-refractivity contribution in [2.75, 3.05) is 6.54 Å². The zero-order valence-electron chi connectivity index (χ0n) is 17.6. The van der Waals surface area contributed by atoms with E-state index in [0.29, 0.717) is 6.54 Å². The lowest BCUT2D eigenvalue weighted by molar-refractivity contribution is 0.0696. The number of benzene rings is 1. The second-order valence-electron chi connectivity index (χ2n) is 7.29. The van der Waals surface area contributed by atoms with Gasteiger partial charge in [-0.2, -0.15) is 15.5 Å². The Balaban J connectivity index is 2.12. The molecule has 2 aromatic heterocycles. The van der Waals surface area contributed by atoms with Gasteiger partial charge in [0.25, 0.3) is 5.91 Å². The van der Waals surface area contributed by atoms with E-state index in [1.807, 2.05) is 57.2 Å². The number of aromatic hydroxyl groups is 1. The van der Waals surface area contributed by atoms with E-state index in [9.17, 15) is 14.7 Å². The zero-order valence-corrected chi connectivity index (χ0v) is 17.6. The molecule has 0 saturated carbocycles. The summed E-state index contributed by atoms with van der Waals surface area (Å²) in [6.07, 6.45) is 2.66. The predicted octanol–water partition coefficient (Wildman–Crippen LogP) is 2.18. The highest BCUT2D eigenvalue weighted by Crippen LogP contribution is 2.23. The summed E-state index contributed by atoms with van der Waals surface area (Å²) in [4.78, 5) is 26.9. The molecule has 0 fully saturated rings. The van der Waals surface area contributed by atoms with Gasteiger partial charge in [-0.15, -0.1) is 0 Å². The van der Waals surface area contributed by atoms with Gasteiger partial charge in [0.15, 0.2) is 17.1 Å². The zero-order chi connectivity index (χ0) is 22.5. The molecule has 3 rings (SSSR count). The van der Waals surface area contributed by atoms with Gasteiger partial charge >= 0.3 is 0 Å². The smallest absolute Gasteiger partial charge is 0.276 e. The SMILES string of the molecule is CCN(C(=O)c1c(O)c(=O)cnn1C[C@@H](c1ccccc1)n1ccc(C#N)n1)C(C)C. The van der Waals surface area contributed by atoms with Crippen molar-refractivity contribution in [2.24, 2.45) is 0 Å². The molecule has 1 amide bonds. The molecule has 0 aliphatic heterocycles. The number of carbonyl (C=O) groups is 1. The van der Waals surface area contributed by atoms with Crippen LogP contribution in [-0.2, 0) is 6.54 Å². The summed E-state index contributed by atoms with van der Waals surface area (Å²) in [5, 5.41) is 28.1. The van der Waals surface area contributed by atoms with Crippen LogP contribution in [0.3, 0.4) is 0 Å². The Labute approximate surface area is 179 Å². The van der Waals surface area contributed by atoms with Gasteiger partial charge in [-0.25, -0.2) is 0 Å². The van der Waals surface area contributed by atoms with Crippen molar-refractivity contribution in [3.05, 3.63) is 76.0 Å². The topological polar surface area (TPSA) is 117 Å². The molecule has 1 N–H and O–H groups in total. The number of amides is 1. The van der Waals surface area contributed by atoms with Crippen LogP contribution < -0.4 is 5.43 Å². The molecule has 0 aliphatic carbocycles. The molecule has 2 heterocycles. The van der Waals surface area contributed by atoms with E-state index in [2.05, 4.69) is 10.2 Å². The fourth-order valence-corrected chi connectivity index (χ4v) is 3.46. The van der Waals surface area contributed by atoms with Crippen molar-refractivity contribution in [1.29, 1.82) is 5.26 Å². The first-order valence-corrected chi connectivity index (χ1v) is 9.97. The average molecular weight is 420 g/mol. The summed E-state index contributed by atoms with van der Waals surface area (Å²) in [6.45, 7) is 6.06. The molecule has 0 bridgehead atoms. The van der Waals surface area contributed by atoms with Crippen LogP contribution in [0.4, 0.5) is 0 Å². The molecule has 1 aromatic carbocycles. The molecule has 0 aliphatic rings. The highest BCUT2D eigenvalue weighted by Gasteiger charge is 2.27. The minimum atomic E-state index is -0.721. The summed E-state index contributed by atoms with van der Waals surface area (Å²) in [7, 11) is 0. The van der Waals surface area contributed by atoms with E-state index in [-0.39, 0.29) is 24.0 Å². The largest absolute Gasteiger partial charge is 0.502 e. The van der Waals surface area contributed by atoms with E-state index in [4.69, 9.17) is 5.26 Å². The van der Waals surface area contributed by atoms with Crippen molar-refractivity contribution in [3.63, 3.8) is 0 Å². The van der Waals surface area contributed by atoms with Gasteiger partial charge in [0.05, 0.1) is 18.8 Å². The Morgan fingerprint density at radius 1 is 1.26 bits per heavy atom. The fourth-order valence-electron chi connectivity index (χ4n) is 3.46. The van der Waals surface area contributed by atoms with Crippen molar-refractivity contribution in [1.82, 2.24) is 24.5 Å². The molecule has 1 atom stereocenters. The second kappa shape index (κ2) is 9.26. The quantitative estimate of drug-likeness (QED) is 0.626. The van der Waals surface area contributed by atoms with E-state index >= 15 is 0 Å². The van der Waals surface area contributed by atoms with Gasteiger partial charge in [-0.3, -0.25) is 19.0 Å².